The summed E-state index contributed by atoms with van der Waals surface area (Å²) in [7, 11) is 1.36. The number of hydrogen-bond acceptors (Lipinski definition) is 4. The van der Waals surface area contributed by atoms with E-state index in [0.717, 1.165) is 4.90 Å². The van der Waals surface area contributed by atoms with Crippen LogP contribution < -0.4 is 10.6 Å². The lowest BCUT2D eigenvalue weighted by atomic mass is 10.1. The summed E-state index contributed by atoms with van der Waals surface area (Å²) in [6, 6.07) is -1.43. The monoisotopic (exact) mass is 271 g/mol. The van der Waals surface area contributed by atoms with E-state index in [2.05, 4.69) is 10.6 Å². The number of rotatable bonds is 5. The van der Waals surface area contributed by atoms with Crippen molar-refractivity contribution in [2.45, 2.75) is 25.8 Å². The van der Waals surface area contributed by atoms with Gasteiger partial charge in [-0.05, 0) is 5.92 Å². The zero-order chi connectivity index (χ0) is 14.6. The Balaban J connectivity index is 2.34. The smallest absolute Gasteiger partial charge is 0.315 e. The number of urea groups is 1. The minimum atomic E-state index is -0.937. The first-order chi connectivity index (χ1) is 8.81. The summed E-state index contributed by atoms with van der Waals surface area (Å²) in [5, 5.41) is 13.4. The molecule has 8 nitrogen and oxygen atoms in total. The lowest BCUT2D eigenvalue weighted by Gasteiger charge is -2.14. The van der Waals surface area contributed by atoms with Crippen molar-refractivity contribution < 1.29 is 24.3 Å². The van der Waals surface area contributed by atoms with Crippen LogP contribution >= 0.6 is 0 Å². The molecule has 1 fully saturated rings. The molecule has 0 radical (unpaired) electrons. The van der Waals surface area contributed by atoms with Crippen LogP contribution in [0.25, 0.3) is 0 Å². The van der Waals surface area contributed by atoms with Crippen molar-refractivity contribution >= 4 is 23.8 Å². The molecule has 0 aromatic rings. The molecule has 1 heterocycles. The molecule has 0 bridgehead atoms. The Kier molecular flexibility index (Phi) is 4.85. The van der Waals surface area contributed by atoms with E-state index in [0.29, 0.717) is 0 Å². The molecule has 2 unspecified atom stereocenters. The largest absolute Gasteiger partial charge is 0.481 e. The fourth-order valence-electron chi connectivity index (χ4n) is 1.71. The third-order valence-electron chi connectivity index (χ3n) is 2.82. The number of hydrogen-bond donors (Lipinski definition) is 3. The van der Waals surface area contributed by atoms with Crippen LogP contribution in [0.1, 0.15) is 19.8 Å². The fourth-order valence-corrected chi connectivity index (χ4v) is 1.71. The Morgan fingerprint density at radius 2 is 2.11 bits per heavy atom. The van der Waals surface area contributed by atoms with Gasteiger partial charge in [0.05, 0.1) is 6.42 Å². The summed E-state index contributed by atoms with van der Waals surface area (Å²) < 4.78 is 0. The normalized spacial score (nSPS) is 20.3. The Labute approximate surface area is 110 Å². The minimum absolute atomic E-state index is 0.0482. The van der Waals surface area contributed by atoms with E-state index in [-0.39, 0.29) is 31.2 Å². The molecule has 19 heavy (non-hydrogen) atoms. The maximum absolute atomic E-state index is 11.5. The Hall–Kier alpha value is -2.12. The molecule has 0 aliphatic carbocycles. The molecule has 0 aromatic carbocycles. The number of carboxylic acids is 1. The fraction of sp³-hybridized carbons (Fsp3) is 0.636. The molecule has 3 N–H and O–H groups in total. The Morgan fingerprint density at radius 1 is 1.47 bits per heavy atom. The topological polar surface area (TPSA) is 116 Å². The van der Waals surface area contributed by atoms with E-state index in [1.165, 1.54) is 7.05 Å². The zero-order valence-electron chi connectivity index (χ0n) is 10.8. The van der Waals surface area contributed by atoms with Crippen molar-refractivity contribution in [2.75, 3.05) is 13.6 Å². The molecule has 1 aliphatic heterocycles. The summed E-state index contributed by atoms with van der Waals surface area (Å²) in [4.78, 5) is 45.7. The first-order valence-electron chi connectivity index (χ1n) is 5.87. The molecule has 1 saturated heterocycles. The highest BCUT2D eigenvalue weighted by Gasteiger charge is 2.36. The molecular formula is C11H17N3O5. The second kappa shape index (κ2) is 6.17. The molecule has 8 heteroatoms. The number of carbonyl (C=O) groups excluding carboxylic acids is 3. The van der Waals surface area contributed by atoms with Crippen LogP contribution in [0.3, 0.4) is 0 Å². The predicted octanol–water partition coefficient (Wildman–Crippen LogP) is -0.846. The summed E-state index contributed by atoms with van der Waals surface area (Å²) >= 11 is 0. The van der Waals surface area contributed by atoms with Gasteiger partial charge in [0, 0.05) is 20.0 Å². The number of nitrogens with one attached hydrogen (secondary N) is 2. The highest BCUT2D eigenvalue weighted by Crippen LogP contribution is 2.10. The second-order valence-electron chi connectivity index (χ2n) is 4.61. The van der Waals surface area contributed by atoms with Gasteiger partial charge in [-0.25, -0.2) is 4.79 Å². The maximum Gasteiger partial charge on any atom is 0.315 e. The third-order valence-corrected chi connectivity index (χ3v) is 2.82. The SMILES string of the molecule is CC(CNC(=O)NC1CC(=O)N(C)C1=O)CC(=O)O. The summed E-state index contributed by atoms with van der Waals surface area (Å²) in [6.45, 7) is 1.87. The van der Waals surface area contributed by atoms with Gasteiger partial charge in [0.2, 0.25) is 5.91 Å². The zero-order valence-corrected chi connectivity index (χ0v) is 10.8. The van der Waals surface area contributed by atoms with Crippen LogP contribution in [0.5, 0.6) is 0 Å². The lowest BCUT2D eigenvalue weighted by molar-refractivity contribution is -0.138. The van der Waals surface area contributed by atoms with Crippen molar-refractivity contribution in [1.82, 2.24) is 15.5 Å². The van der Waals surface area contributed by atoms with Gasteiger partial charge in [-0.3, -0.25) is 19.3 Å². The number of nitrogens with zero attached hydrogens (tertiary/aromatic N) is 1. The lowest BCUT2D eigenvalue weighted by Crippen LogP contribution is -2.46. The molecule has 0 spiro atoms. The van der Waals surface area contributed by atoms with Gasteiger partial charge in [0.1, 0.15) is 6.04 Å². The highest BCUT2D eigenvalue weighted by atomic mass is 16.4. The number of amides is 4. The standard InChI is InChI=1S/C11H17N3O5/c1-6(3-9(16)17)5-12-11(19)13-7-4-8(15)14(2)10(7)18/h6-7H,3-5H2,1-2H3,(H,16,17)(H2,12,13,19). The van der Waals surface area contributed by atoms with Crippen LogP contribution in [-0.4, -0.2) is 53.5 Å². The number of aliphatic carboxylic acids is 1. The van der Waals surface area contributed by atoms with Crippen molar-refractivity contribution in [3.63, 3.8) is 0 Å². The summed E-state index contributed by atoms with van der Waals surface area (Å²) in [6.07, 6.45) is -0.0999. The average Bonchev–Trinajstić information content (AvgIpc) is 2.54. The molecule has 0 aromatic heterocycles. The predicted molar refractivity (Wildman–Crippen MR) is 64.1 cm³/mol. The van der Waals surface area contributed by atoms with E-state index in [1.807, 2.05) is 0 Å². The second-order valence-corrected chi connectivity index (χ2v) is 4.61. The van der Waals surface area contributed by atoms with Gasteiger partial charge in [-0.2, -0.15) is 0 Å². The van der Waals surface area contributed by atoms with Gasteiger partial charge >= 0.3 is 12.0 Å². The highest BCUT2D eigenvalue weighted by molar-refractivity contribution is 6.06. The maximum atomic E-state index is 11.5. The van der Waals surface area contributed by atoms with Gasteiger partial charge in [0.25, 0.3) is 5.91 Å². The Morgan fingerprint density at radius 3 is 2.58 bits per heavy atom. The van der Waals surface area contributed by atoms with Crippen LogP contribution in [-0.2, 0) is 14.4 Å². The van der Waals surface area contributed by atoms with Crippen LogP contribution in [0.2, 0.25) is 0 Å². The molecule has 4 amide bonds. The van der Waals surface area contributed by atoms with Gasteiger partial charge in [0.15, 0.2) is 0 Å². The van der Waals surface area contributed by atoms with Gasteiger partial charge < -0.3 is 15.7 Å². The van der Waals surface area contributed by atoms with E-state index >= 15 is 0 Å². The van der Waals surface area contributed by atoms with Crippen molar-refractivity contribution in [3.8, 4) is 0 Å². The van der Waals surface area contributed by atoms with Crippen molar-refractivity contribution in [1.29, 1.82) is 0 Å². The average molecular weight is 271 g/mol. The molecule has 0 saturated carbocycles. The van der Waals surface area contributed by atoms with E-state index in [9.17, 15) is 19.2 Å². The molecule has 1 aliphatic rings. The van der Waals surface area contributed by atoms with Crippen LogP contribution in [0.15, 0.2) is 0 Å². The first kappa shape index (κ1) is 14.9. The number of carboxylic acid groups (broad SMARTS) is 1. The van der Waals surface area contributed by atoms with E-state index in [1.54, 1.807) is 6.92 Å². The molecule has 106 valence electrons. The van der Waals surface area contributed by atoms with E-state index in [4.69, 9.17) is 5.11 Å². The van der Waals surface area contributed by atoms with Crippen LogP contribution in [0, 0.1) is 5.92 Å². The molecular weight excluding hydrogens is 254 g/mol. The number of likely N-dealkylation sites (N-methyl/N-ethyl adjacent to an activating group) is 1. The summed E-state index contributed by atoms with van der Waals surface area (Å²) in [5.74, 6) is -1.94. The van der Waals surface area contributed by atoms with Gasteiger partial charge in [-0.15, -0.1) is 0 Å². The minimum Gasteiger partial charge on any atom is -0.481 e. The number of imide groups is 1. The first-order valence-corrected chi connectivity index (χ1v) is 5.87. The van der Waals surface area contributed by atoms with E-state index < -0.39 is 23.9 Å². The third kappa shape index (κ3) is 4.23. The number of likely N-dealkylation sites (tertiary alicyclic amines) is 1. The van der Waals surface area contributed by atoms with Crippen LogP contribution in [0.4, 0.5) is 4.79 Å². The van der Waals surface area contributed by atoms with Gasteiger partial charge in [-0.1, -0.05) is 6.92 Å². The van der Waals surface area contributed by atoms with Crippen molar-refractivity contribution in [3.05, 3.63) is 0 Å². The molecule has 1 rings (SSSR count). The Bertz CT molecular complexity index is 409. The molecule has 2 atom stereocenters. The number of carbonyl (C=O) groups is 4. The van der Waals surface area contributed by atoms with Crippen molar-refractivity contribution in [2.24, 2.45) is 5.92 Å². The quantitative estimate of drug-likeness (QED) is 0.563. The summed E-state index contributed by atoms with van der Waals surface area (Å²) in [5.41, 5.74) is 0.